The Balaban J connectivity index is 2.22. The Morgan fingerprint density at radius 1 is 1.04 bits per heavy atom. The molecule has 0 spiro atoms. The largest absolute Gasteiger partial charge is 0.412 e. The van der Waals surface area contributed by atoms with Gasteiger partial charge in [-0.15, -0.1) is 0 Å². The lowest BCUT2D eigenvalue weighted by Crippen LogP contribution is -2.27. The molecule has 0 bridgehead atoms. The van der Waals surface area contributed by atoms with Crippen LogP contribution in [0.25, 0.3) is 0 Å². The van der Waals surface area contributed by atoms with Crippen LogP contribution >= 0.6 is 23.2 Å². The normalized spacial score (nSPS) is 10.0. The van der Waals surface area contributed by atoms with E-state index in [1.54, 1.807) is 31.2 Å². The van der Waals surface area contributed by atoms with Crippen molar-refractivity contribution in [3.8, 4) is 5.75 Å². The first-order chi connectivity index (χ1) is 11.0. The van der Waals surface area contributed by atoms with Crippen molar-refractivity contribution in [1.29, 1.82) is 0 Å². The third-order valence-corrected chi connectivity index (χ3v) is 3.30. The number of hydrogen-bond acceptors (Lipinski definition) is 3. The van der Waals surface area contributed by atoms with Crippen molar-refractivity contribution < 1.29 is 14.3 Å². The third-order valence-electron chi connectivity index (χ3n) is 2.81. The van der Waals surface area contributed by atoms with Gasteiger partial charge in [0.25, 0.3) is 5.91 Å². The number of nitrogens with one attached hydrogen (secondary N) is 2. The van der Waals surface area contributed by atoms with Gasteiger partial charge in [0.2, 0.25) is 0 Å². The van der Waals surface area contributed by atoms with Gasteiger partial charge in [-0.1, -0.05) is 23.2 Å². The predicted molar refractivity (Wildman–Crippen MR) is 90.6 cm³/mol. The van der Waals surface area contributed by atoms with Crippen molar-refractivity contribution in [3.05, 3.63) is 58.1 Å². The van der Waals surface area contributed by atoms with Gasteiger partial charge in [0.05, 0.1) is 5.56 Å². The summed E-state index contributed by atoms with van der Waals surface area (Å²) in [5.41, 5.74) is 0.710. The first-order valence-corrected chi connectivity index (χ1v) is 7.57. The van der Waals surface area contributed by atoms with Gasteiger partial charge >= 0.3 is 6.09 Å². The molecule has 0 aliphatic carbocycles. The van der Waals surface area contributed by atoms with E-state index in [1.807, 2.05) is 0 Å². The Bertz CT molecular complexity index is 718. The summed E-state index contributed by atoms with van der Waals surface area (Å²) in [7, 11) is 0. The zero-order valence-corrected chi connectivity index (χ0v) is 13.7. The molecule has 0 saturated heterocycles. The van der Waals surface area contributed by atoms with E-state index >= 15 is 0 Å². The van der Waals surface area contributed by atoms with E-state index < -0.39 is 12.0 Å². The molecule has 0 atom stereocenters. The highest BCUT2D eigenvalue weighted by Gasteiger charge is 2.16. The van der Waals surface area contributed by atoms with Gasteiger partial charge in [-0.25, -0.2) is 4.79 Å². The van der Waals surface area contributed by atoms with Crippen molar-refractivity contribution in [1.82, 2.24) is 5.32 Å². The molecule has 120 valence electrons. The number of amides is 2. The number of carbonyl (C=O) groups excluding carboxylic acids is 2. The molecule has 2 N–H and O–H groups in total. The number of hydrogen-bond donors (Lipinski definition) is 2. The molecule has 2 aromatic rings. The van der Waals surface area contributed by atoms with Gasteiger partial charge in [-0.3, -0.25) is 4.79 Å². The summed E-state index contributed by atoms with van der Waals surface area (Å²) >= 11 is 11.7. The van der Waals surface area contributed by atoms with Crippen LogP contribution in [0.5, 0.6) is 5.75 Å². The second-order valence-electron chi connectivity index (χ2n) is 4.52. The molecule has 2 aromatic carbocycles. The SMILES string of the molecule is CCNC(=O)Oc1ccc(Cl)cc1C(=O)Nc1ccc(Cl)cc1. The molecular formula is C16H14Cl2N2O3. The van der Waals surface area contributed by atoms with E-state index in [-0.39, 0.29) is 11.3 Å². The monoisotopic (exact) mass is 352 g/mol. The van der Waals surface area contributed by atoms with Crippen LogP contribution < -0.4 is 15.4 Å². The van der Waals surface area contributed by atoms with E-state index in [0.29, 0.717) is 22.3 Å². The van der Waals surface area contributed by atoms with Crippen molar-refractivity contribution >= 4 is 40.9 Å². The Hall–Kier alpha value is -2.24. The molecule has 23 heavy (non-hydrogen) atoms. The molecule has 0 aliphatic heterocycles. The Morgan fingerprint density at radius 3 is 2.35 bits per heavy atom. The Labute approximate surface area is 143 Å². The fourth-order valence-corrected chi connectivity index (χ4v) is 2.08. The van der Waals surface area contributed by atoms with Crippen LogP contribution in [0.2, 0.25) is 10.0 Å². The predicted octanol–water partition coefficient (Wildman–Crippen LogP) is 4.35. The van der Waals surface area contributed by atoms with Crippen LogP contribution in [0.4, 0.5) is 10.5 Å². The maximum Gasteiger partial charge on any atom is 0.412 e. The van der Waals surface area contributed by atoms with E-state index in [9.17, 15) is 9.59 Å². The standard InChI is InChI=1S/C16H14Cl2N2O3/c1-2-19-16(22)23-14-8-5-11(18)9-13(14)15(21)20-12-6-3-10(17)4-7-12/h3-9H,2H2,1H3,(H,19,22)(H,20,21). The van der Waals surface area contributed by atoms with E-state index in [4.69, 9.17) is 27.9 Å². The van der Waals surface area contributed by atoms with Gasteiger partial charge in [0, 0.05) is 22.3 Å². The molecule has 2 amide bonds. The van der Waals surface area contributed by atoms with Crippen LogP contribution in [0.3, 0.4) is 0 Å². The smallest absolute Gasteiger partial charge is 0.409 e. The lowest BCUT2D eigenvalue weighted by molar-refractivity contribution is 0.102. The van der Waals surface area contributed by atoms with Gasteiger partial charge in [0.1, 0.15) is 5.75 Å². The average molecular weight is 353 g/mol. The first kappa shape index (κ1) is 17.1. The molecule has 0 saturated carbocycles. The van der Waals surface area contributed by atoms with Gasteiger partial charge in [0.15, 0.2) is 0 Å². The fourth-order valence-electron chi connectivity index (χ4n) is 1.78. The summed E-state index contributed by atoms with van der Waals surface area (Å²) in [5.74, 6) is -0.332. The summed E-state index contributed by atoms with van der Waals surface area (Å²) in [6.07, 6.45) is -0.643. The van der Waals surface area contributed by atoms with Crippen LogP contribution in [-0.2, 0) is 0 Å². The van der Waals surface area contributed by atoms with Crippen molar-refractivity contribution in [2.24, 2.45) is 0 Å². The number of carbonyl (C=O) groups is 2. The summed E-state index contributed by atoms with van der Waals surface area (Å²) in [6.45, 7) is 2.18. The number of rotatable bonds is 4. The molecule has 0 heterocycles. The molecular weight excluding hydrogens is 339 g/mol. The van der Waals surface area contributed by atoms with E-state index in [2.05, 4.69) is 10.6 Å². The van der Waals surface area contributed by atoms with E-state index in [1.165, 1.54) is 18.2 Å². The van der Waals surface area contributed by atoms with Crippen LogP contribution in [0.15, 0.2) is 42.5 Å². The molecule has 0 fully saturated rings. The Morgan fingerprint density at radius 2 is 1.70 bits per heavy atom. The zero-order valence-electron chi connectivity index (χ0n) is 12.2. The number of halogens is 2. The minimum Gasteiger partial charge on any atom is -0.409 e. The summed E-state index contributed by atoms with van der Waals surface area (Å²) < 4.78 is 5.13. The quantitative estimate of drug-likeness (QED) is 0.859. The molecule has 0 unspecified atom stereocenters. The molecule has 0 aliphatic rings. The highest BCUT2D eigenvalue weighted by atomic mass is 35.5. The minimum atomic E-state index is -0.643. The maximum atomic E-state index is 12.4. The van der Waals surface area contributed by atoms with Crippen molar-refractivity contribution in [3.63, 3.8) is 0 Å². The fraction of sp³-hybridized carbons (Fsp3) is 0.125. The molecule has 0 radical (unpaired) electrons. The number of anilines is 1. The summed E-state index contributed by atoms with van der Waals surface area (Å²) in [4.78, 5) is 24.0. The van der Waals surface area contributed by atoms with Gasteiger partial charge in [-0.05, 0) is 49.4 Å². The zero-order chi connectivity index (χ0) is 16.8. The van der Waals surface area contributed by atoms with Crippen LogP contribution in [0.1, 0.15) is 17.3 Å². The van der Waals surface area contributed by atoms with Crippen molar-refractivity contribution in [2.75, 3.05) is 11.9 Å². The van der Waals surface area contributed by atoms with Crippen molar-refractivity contribution in [2.45, 2.75) is 6.92 Å². The number of ether oxygens (including phenoxy) is 1. The van der Waals surface area contributed by atoms with Crippen LogP contribution in [-0.4, -0.2) is 18.5 Å². The highest BCUT2D eigenvalue weighted by Crippen LogP contribution is 2.24. The van der Waals surface area contributed by atoms with E-state index in [0.717, 1.165) is 0 Å². The molecule has 5 nitrogen and oxygen atoms in total. The average Bonchev–Trinajstić information content (AvgIpc) is 2.51. The lowest BCUT2D eigenvalue weighted by Gasteiger charge is -2.11. The van der Waals surface area contributed by atoms with Crippen LogP contribution in [0, 0.1) is 0 Å². The summed E-state index contributed by atoms with van der Waals surface area (Å²) in [5, 5.41) is 6.10. The second kappa shape index (κ2) is 7.85. The number of benzene rings is 2. The summed E-state index contributed by atoms with van der Waals surface area (Å²) in [6, 6.07) is 11.1. The minimum absolute atomic E-state index is 0.117. The van der Waals surface area contributed by atoms with Gasteiger partial charge in [-0.2, -0.15) is 0 Å². The first-order valence-electron chi connectivity index (χ1n) is 6.81. The topological polar surface area (TPSA) is 67.4 Å². The highest BCUT2D eigenvalue weighted by molar-refractivity contribution is 6.31. The molecule has 2 rings (SSSR count). The maximum absolute atomic E-state index is 12.4. The molecule has 0 aromatic heterocycles. The third kappa shape index (κ3) is 4.87. The molecule has 7 heteroatoms. The van der Waals surface area contributed by atoms with Gasteiger partial charge < -0.3 is 15.4 Å². The Kier molecular flexibility index (Phi) is 5.84. The second-order valence-corrected chi connectivity index (χ2v) is 5.39. The lowest BCUT2D eigenvalue weighted by atomic mass is 10.2.